The van der Waals surface area contributed by atoms with Crippen molar-refractivity contribution < 1.29 is 19.1 Å². The third-order valence-corrected chi connectivity index (χ3v) is 7.19. The summed E-state index contributed by atoms with van der Waals surface area (Å²) in [4.78, 5) is 32.2. The van der Waals surface area contributed by atoms with Crippen molar-refractivity contribution in [3.05, 3.63) is 111 Å². The van der Waals surface area contributed by atoms with Gasteiger partial charge in [-0.3, -0.25) is 14.5 Å². The molecule has 5 aromatic rings. The summed E-state index contributed by atoms with van der Waals surface area (Å²) in [5, 5.41) is 13.1. The molecule has 0 saturated heterocycles. The molecule has 0 saturated carbocycles. The Morgan fingerprint density at radius 1 is 1.08 bits per heavy atom. The predicted molar refractivity (Wildman–Crippen MR) is 143 cm³/mol. The number of halogens is 2. The number of aliphatic hydroxyl groups is 1. The lowest BCUT2D eigenvalue weighted by Crippen LogP contribution is -2.31. The number of nitrogens with one attached hydrogen (secondary N) is 1. The van der Waals surface area contributed by atoms with Crippen molar-refractivity contribution in [2.75, 3.05) is 4.90 Å². The Morgan fingerprint density at radius 2 is 1.89 bits per heavy atom. The minimum Gasteiger partial charge on any atom is -0.503 e. The summed E-state index contributed by atoms with van der Waals surface area (Å²) in [7, 11) is 0. The molecule has 6 nitrogen and oxygen atoms in total. The number of aliphatic hydroxyl groups excluding tert-OH is 1. The molecule has 0 fully saturated rings. The van der Waals surface area contributed by atoms with Gasteiger partial charge in [0, 0.05) is 42.7 Å². The van der Waals surface area contributed by atoms with E-state index in [9.17, 15) is 14.7 Å². The molecule has 1 unspecified atom stereocenters. The molecule has 2 aromatic heterocycles. The number of aromatic nitrogens is 1. The summed E-state index contributed by atoms with van der Waals surface area (Å²) >= 11 is 9.68. The van der Waals surface area contributed by atoms with Gasteiger partial charge in [-0.1, -0.05) is 51.8 Å². The molecule has 0 aliphatic carbocycles. The minimum atomic E-state index is -0.903. The molecular weight excluding hydrogens is 544 g/mol. The Labute approximate surface area is 218 Å². The summed E-state index contributed by atoms with van der Waals surface area (Å²) in [5.74, 6) is -1.83. The number of anilines is 1. The van der Waals surface area contributed by atoms with Crippen LogP contribution in [0.4, 0.5) is 5.69 Å². The van der Waals surface area contributed by atoms with Crippen LogP contribution in [0.3, 0.4) is 0 Å². The van der Waals surface area contributed by atoms with Crippen molar-refractivity contribution in [1.82, 2.24) is 4.98 Å². The molecule has 1 amide bonds. The lowest BCUT2D eigenvalue weighted by atomic mass is 9.92. The number of H-pyrrole nitrogens is 1. The Morgan fingerprint density at radius 3 is 2.69 bits per heavy atom. The number of amides is 1. The fourth-order valence-electron chi connectivity index (χ4n) is 4.91. The first-order valence-corrected chi connectivity index (χ1v) is 12.3. The highest BCUT2D eigenvalue weighted by Gasteiger charge is 2.46. The number of aryl methyl sites for hydroxylation is 1. The Balaban J connectivity index is 1.58. The van der Waals surface area contributed by atoms with Gasteiger partial charge < -0.3 is 14.5 Å². The SMILES string of the molecule is Cc1[nH]c2ccccc2c1C1C(C(=O)c2cc3cc(Br)ccc3o2)=C(O)C(=O)N1c1cccc(Cl)c1. The maximum atomic E-state index is 13.9. The number of carbonyl (C=O) groups excluding carboxylic acids is 2. The van der Waals surface area contributed by atoms with E-state index in [4.69, 9.17) is 16.0 Å². The highest BCUT2D eigenvalue weighted by molar-refractivity contribution is 9.10. The first-order valence-electron chi connectivity index (χ1n) is 11.2. The number of furan rings is 1. The van der Waals surface area contributed by atoms with E-state index >= 15 is 0 Å². The molecular formula is C28H18BrClN2O4. The van der Waals surface area contributed by atoms with Gasteiger partial charge >= 0.3 is 0 Å². The molecule has 2 N–H and O–H groups in total. The Bertz CT molecular complexity index is 1750. The third kappa shape index (κ3) is 3.46. The summed E-state index contributed by atoms with van der Waals surface area (Å²) in [6.07, 6.45) is 0. The number of rotatable bonds is 4. The van der Waals surface area contributed by atoms with Gasteiger partial charge in [0.25, 0.3) is 5.91 Å². The maximum absolute atomic E-state index is 13.9. The second-order valence-electron chi connectivity index (χ2n) is 8.65. The first-order chi connectivity index (χ1) is 17.3. The minimum absolute atomic E-state index is 0.0351. The van der Waals surface area contributed by atoms with Crippen molar-refractivity contribution in [2.24, 2.45) is 0 Å². The average Bonchev–Trinajstić information content (AvgIpc) is 3.49. The van der Waals surface area contributed by atoms with Crippen LogP contribution < -0.4 is 4.90 Å². The van der Waals surface area contributed by atoms with Crippen molar-refractivity contribution in [3.8, 4) is 0 Å². The van der Waals surface area contributed by atoms with E-state index in [1.807, 2.05) is 43.3 Å². The zero-order valence-electron chi connectivity index (χ0n) is 18.9. The number of carbonyl (C=O) groups is 2. The van der Waals surface area contributed by atoms with Crippen molar-refractivity contribution in [3.63, 3.8) is 0 Å². The standard InChI is InChI=1S/C28H18BrClN2O4/c1-14-23(19-7-2-3-8-20(19)31-14)25-24(26(33)22-12-15-11-16(29)9-10-21(15)36-22)27(34)28(35)32(25)18-6-4-5-17(30)13-18/h2-13,25,31,34H,1H3. The van der Waals surface area contributed by atoms with Crippen LogP contribution >= 0.6 is 27.5 Å². The Kier molecular flexibility index (Phi) is 5.28. The van der Waals surface area contributed by atoms with E-state index in [0.717, 1.165) is 26.5 Å². The largest absolute Gasteiger partial charge is 0.503 e. The van der Waals surface area contributed by atoms with Crippen molar-refractivity contribution >= 4 is 66.8 Å². The molecule has 178 valence electrons. The molecule has 6 rings (SSSR count). The number of fused-ring (bicyclic) bond motifs is 2. The van der Waals surface area contributed by atoms with E-state index in [1.54, 1.807) is 36.4 Å². The third-order valence-electron chi connectivity index (χ3n) is 6.46. The van der Waals surface area contributed by atoms with Gasteiger partial charge in [-0.15, -0.1) is 0 Å². The van der Waals surface area contributed by atoms with Crippen LogP contribution in [0.15, 0.2) is 93.0 Å². The van der Waals surface area contributed by atoms with E-state index in [1.165, 1.54) is 4.90 Å². The highest BCUT2D eigenvalue weighted by atomic mass is 79.9. The smallest absolute Gasteiger partial charge is 0.294 e. The number of hydrogen-bond acceptors (Lipinski definition) is 4. The maximum Gasteiger partial charge on any atom is 0.294 e. The Hall–Kier alpha value is -3.81. The fraction of sp³-hybridized carbons (Fsp3) is 0.0714. The number of aromatic amines is 1. The van der Waals surface area contributed by atoms with Gasteiger partial charge in [0.05, 0.1) is 11.6 Å². The van der Waals surface area contributed by atoms with Gasteiger partial charge in [-0.25, -0.2) is 0 Å². The highest BCUT2D eigenvalue weighted by Crippen LogP contribution is 2.46. The van der Waals surface area contributed by atoms with Crippen LogP contribution in [0.25, 0.3) is 21.9 Å². The van der Waals surface area contributed by atoms with Gasteiger partial charge in [0.2, 0.25) is 5.78 Å². The average molecular weight is 562 g/mol. The number of hydrogen-bond donors (Lipinski definition) is 2. The molecule has 3 aromatic carbocycles. The number of nitrogens with zero attached hydrogens (tertiary/aromatic N) is 1. The van der Waals surface area contributed by atoms with E-state index in [0.29, 0.717) is 21.9 Å². The summed E-state index contributed by atoms with van der Waals surface area (Å²) in [5.41, 5.74) is 3.28. The molecule has 1 aliphatic rings. The molecule has 36 heavy (non-hydrogen) atoms. The molecule has 0 bridgehead atoms. The van der Waals surface area contributed by atoms with Crippen molar-refractivity contribution in [1.29, 1.82) is 0 Å². The number of ketones is 1. The number of benzene rings is 3. The predicted octanol–water partition coefficient (Wildman–Crippen LogP) is 7.42. The topological polar surface area (TPSA) is 86.5 Å². The molecule has 0 spiro atoms. The molecule has 1 aliphatic heterocycles. The normalized spacial score (nSPS) is 16.0. The van der Waals surface area contributed by atoms with Crippen LogP contribution in [0, 0.1) is 6.92 Å². The van der Waals surface area contributed by atoms with Gasteiger partial charge in [-0.2, -0.15) is 0 Å². The quantitative estimate of drug-likeness (QED) is 0.224. The molecule has 8 heteroatoms. The van der Waals surface area contributed by atoms with Gasteiger partial charge in [0.1, 0.15) is 5.58 Å². The van der Waals surface area contributed by atoms with Crippen LogP contribution in [0.5, 0.6) is 0 Å². The van der Waals surface area contributed by atoms with Crippen LogP contribution in [-0.2, 0) is 4.79 Å². The summed E-state index contributed by atoms with van der Waals surface area (Å²) < 4.78 is 6.69. The first kappa shape index (κ1) is 22.6. The summed E-state index contributed by atoms with van der Waals surface area (Å²) in [6, 6.07) is 20.5. The summed E-state index contributed by atoms with van der Waals surface area (Å²) in [6.45, 7) is 1.88. The van der Waals surface area contributed by atoms with E-state index in [-0.39, 0.29) is 11.3 Å². The second kappa shape index (κ2) is 8.40. The molecule has 1 atom stereocenters. The fourth-order valence-corrected chi connectivity index (χ4v) is 5.48. The zero-order chi connectivity index (χ0) is 25.1. The number of para-hydroxylation sites is 1. The van der Waals surface area contributed by atoms with E-state index < -0.39 is 23.5 Å². The van der Waals surface area contributed by atoms with E-state index in [2.05, 4.69) is 20.9 Å². The zero-order valence-corrected chi connectivity index (χ0v) is 21.2. The monoisotopic (exact) mass is 560 g/mol. The number of Topliss-reactive ketones (excluding diaryl/α,β-unsaturated/α-hetero) is 1. The lowest BCUT2D eigenvalue weighted by molar-refractivity contribution is -0.117. The molecule has 3 heterocycles. The van der Waals surface area contributed by atoms with Crippen LogP contribution in [0.1, 0.15) is 27.9 Å². The van der Waals surface area contributed by atoms with Gasteiger partial charge in [0.15, 0.2) is 11.5 Å². The van der Waals surface area contributed by atoms with Crippen molar-refractivity contribution in [2.45, 2.75) is 13.0 Å². The second-order valence-corrected chi connectivity index (χ2v) is 10.0. The van der Waals surface area contributed by atoms with Crippen LogP contribution in [0.2, 0.25) is 5.02 Å². The van der Waals surface area contributed by atoms with Gasteiger partial charge in [-0.05, 0) is 55.5 Å². The lowest BCUT2D eigenvalue weighted by Gasteiger charge is -2.27. The molecule has 0 radical (unpaired) electrons. The van der Waals surface area contributed by atoms with Crippen LogP contribution in [-0.4, -0.2) is 21.8 Å².